The number of hydrogen-bond acceptors (Lipinski definition) is 4. The molecule has 1 aromatic carbocycles. The Morgan fingerprint density at radius 2 is 2.22 bits per heavy atom. The van der Waals surface area contributed by atoms with Crippen molar-refractivity contribution in [1.29, 1.82) is 0 Å². The van der Waals surface area contributed by atoms with Gasteiger partial charge in [0, 0.05) is 23.1 Å². The molecule has 0 aliphatic carbocycles. The van der Waals surface area contributed by atoms with Crippen LogP contribution in [0.15, 0.2) is 23.6 Å². The number of carbonyl (C=O) groups excluding carboxylic acids is 1. The zero-order valence-electron chi connectivity index (χ0n) is 9.77. The van der Waals surface area contributed by atoms with Crippen LogP contribution >= 0.6 is 11.3 Å². The smallest absolute Gasteiger partial charge is 0.224 e. The van der Waals surface area contributed by atoms with E-state index >= 15 is 0 Å². The number of thiazole rings is 1. The Labute approximate surface area is 109 Å². The SMILES string of the molecule is Nc1nc(-c2ccc3c(c2)CCCC(=O)N3)cs1. The minimum absolute atomic E-state index is 0.0967. The third-order valence-electron chi connectivity index (χ3n) is 3.05. The predicted molar refractivity (Wildman–Crippen MR) is 73.5 cm³/mol. The normalized spacial score (nSPS) is 14.8. The zero-order valence-corrected chi connectivity index (χ0v) is 10.6. The number of anilines is 2. The minimum Gasteiger partial charge on any atom is -0.375 e. The molecular weight excluding hydrogens is 246 g/mol. The number of carbonyl (C=O) groups is 1. The van der Waals surface area contributed by atoms with Crippen LogP contribution in [0.2, 0.25) is 0 Å². The summed E-state index contributed by atoms with van der Waals surface area (Å²) >= 11 is 1.44. The minimum atomic E-state index is 0.0967. The topological polar surface area (TPSA) is 68.0 Å². The number of aryl methyl sites for hydroxylation is 1. The van der Waals surface area contributed by atoms with Crippen molar-refractivity contribution < 1.29 is 4.79 Å². The van der Waals surface area contributed by atoms with Crippen LogP contribution in [0.25, 0.3) is 11.3 Å². The molecule has 2 aromatic rings. The fourth-order valence-corrected chi connectivity index (χ4v) is 2.73. The predicted octanol–water partition coefficient (Wildman–Crippen LogP) is 2.67. The molecule has 92 valence electrons. The fourth-order valence-electron chi connectivity index (χ4n) is 2.15. The number of nitrogens with two attached hydrogens (primary N) is 1. The van der Waals surface area contributed by atoms with Crippen LogP contribution in [-0.4, -0.2) is 10.9 Å². The Balaban J connectivity index is 2.00. The number of aromatic nitrogens is 1. The Morgan fingerprint density at radius 1 is 1.33 bits per heavy atom. The number of fused-ring (bicyclic) bond motifs is 1. The number of benzene rings is 1. The van der Waals surface area contributed by atoms with Gasteiger partial charge in [-0.3, -0.25) is 4.79 Å². The number of nitrogens with one attached hydrogen (secondary N) is 1. The van der Waals surface area contributed by atoms with E-state index in [1.807, 2.05) is 17.5 Å². The van der Waals surface area contributed by atoms with Crippen LogP contribution in [-0.2, 0) is 11.2 Å². The lowest BCUT2D eigenvalue weighted by Crippen LogP contribution is -2.09. The van der Waals surface area contributed by atoms with Crippen molar-refractivity contribution in [2.24, 2.45) is 0 Å². The first kappa shape index (κ1) is 11.2. The van der Waals surface area contributed by atoms with Gasteiger partial charge in [-0.05, 0) is 30.5 Å². The summed E-state index contributed by atoms with van der Waals surface area (Å²) in [6.45, 7) is 0. The lowest BCUT2D eigenvalue weighted by Gasteiger charge is -2.08. The number of hydrogen-bond donors (Lipinski definition) is 2. The highest BCUT2D eigenvalue weighted by Crippen LogP contribution is 2.29. The van der Waals surface area contributed by atoms with E-state index in [1.54, 1.807) is 0 Å². The van der Waals surface area contributed by atoms with Gasteiger partial charge >= 0.3 is 0 Å². The molecule has 4 nitrogen and oxygen atoms in total. The molecule has 0 radical (unpaired) electrons. The van der Waals surface area contributed by atoms with Gasteiger partial charge in [-0.2, -0.15) is 0 Å². The molecule has 1 aliphatic rings. The van der Waals surface area contributed by atoms with Crippen molar-refractivity contribution in [3.8, 4) is 11.3 Å². The molecule has 0 saturated heterocycles. The third-order valence-corrected chi connectivity index (χ3v) is 3.72. The maximum absolute atomic E-state index is 11.5. The molecule has 3 rings (SSSR count). The van der Waals surface area contributed by atoms with Gasteiger partial charge in [-0.25, -0.2) is 4.98 Å². The van der Waals surface area contributed by atoms with Crippen molar-refractivity contribution in [3.63, 3.8) is 0 Å². The van der Waals surface area contributed by atoms with Gasteiger partial charge in [0.05, 0.1) is 5.69 Å². The summed E-state index contributed by atoms with van der Waals surface area (Å²) in [5, 5.41) is 5.45. The molecular formula is C13H13N3OS. The van der Waals surface area contributed by atoms with Crippen LogP contribution < -0.4 is 11.1 Å². The maximum Gasteiger partial charge on any atom is 0.224 e. The molecule has 0 bridgehead atoms. The second-order valence-electron chi connectivity index (χ2n) is 4.34. The van der Waals surface area contributed by atoms with Crippen molar-refractivity contribution in [2.75, 3.05) is 11.1 Å². The van der Waals surface area contributed by atoms with Crippen LogP contribution in [0.3, 0.4) is 0 Å². The van der Waals surface area contributed by atoms with Gasteiger partial charge in [-0.1, -0.05) is 6.07 Å². The number of nitrogens with zero attached hydrogens (tertiary/aromatic N) is 1. The van der Waals surface area contributed by atoms with Crippen LogP contribution in [0.5, 0.6) is 0 Å². The molecule has 0 spiro atoms. The second-order valence-corrected chi connectivity index (χ2v) is 5.23. The summed E-state index contributed by atoms with van der Waals surface area (Å²) in [4.78, 5) is 15.7. The van der Waals surface area contributed by atoms with E-state index in [9.17, 15) is 4.79 Å². The first-order chi connectivity index (χ1) is 8.72. The summed E-state index contributed by atoms with van der Waals surface area (Å²) in [5.41, 5.74) is 9.69. The lowest BCUT2D eigenvalue weighted by atomic mass is 10.0. The van der Waals surface area contributed by atoms with Gasteiger partial charge in [0.25, 0.3) is 0 Å². The molecule has 0 saturated carbocycles. The average molecular weight is 259 g/mol. The largest absolute Gasteiger partial charge is 0.375 e. The van der Waals surface area contributed by atoms with E-state index in [-0.39, 0.29) is 5.91 Å². The Kier molecular flexibility index (Phi) is 2.76. The molecule has 18 heavy (non-hydrogen) atoms. The van der Waals surface area contributed by atoms with Crippen LogP contribution in [0.4, 0.5) is 10.8 Å². The molecule has 0 atom stereocenters. The van der Waals surface area contributed by atoms with Crippen LogP contribution in [0, 0.1) is 0 Å². The Morgan fingerprint density at radius 3 is 3.00 bits per heavy atom. The standard InChI is InChI=1S/C13H13N3OS/c14-13-16-11(7-18-13)9-4-5-10-8(6-9)2-1-3-12(17)15-10/h4-7H,1-3H2,(H2,14,16)(H,15,17). The summed E-state index contributed by atoms with van der Waals surface area (Å²) in [6.07, 6.45) is 2.40. The quantitative estimate of drug-likeness (QED) is 0.827. The maximum atomic E-state index is 11.5. The molecule has 5 heteroatoms. The van der Waals surface area contributed by atoms with Crippen molar-refractivity contribution >= 4 is 28.1 Å². The van der Waals surface area contributed by atoms with Crippen molar-refractivity contribution in [1.82, 2.24) is 4.98 Å². The number of rotatable bonds is 1. The summed E-state index contributed by atoms with van der Waals surface area (Å²) in [5.74, 6) is 0.0967. The molecule has 0 fully saturated rings. The van der Waals surface area contributed by atoms with E-state index in [1.165, 1.54) is 16.9 Å². The fraction of sp³-hybridized carbons (Fsp3) is 0.231. The van der Waals surface area contributed by atoms with Crippen molar-refractivity contribution in [2.45, 2.75) is 19.3 Å². The highest BCUT2D eigenvalue weighted by atomic mass is 32.1. The highest BCUT2D eigenvalue weighted by molar-refractivity contribution is 7.13. The Bertz CT molecular complexity index is 606. The van der Waals surface area contributed by atoms with Crippen LogP contribution in [0.1, 0.15) is 18.4 Å². The summed E-state index contributed by atoms with van der Waals surface area (Å²) < 4.78 is 0. The second kappa shape index (κ2) is 4.42. The van der Waals surface area contributed by atoms with E-state index in [0.29, 0.717) is 11.6 Å². The summed E-state index contributed by atoms with van der Waals surface area (Å²) in [7, 11) is 0. The lowest BCUT2D eigenvalue weighted by molar-refractivity contribution is -0.116. The number of nitrogen functional groups attached to an aromatic ring is 1. The van der Waals surface area contributed by atoms with E-state index in [2.05, 4.69) is 16.4 Å². The van der Waals surface area contributed by atoms with Gasteiger partial charge in [-0.15, -0.1) is 11.3 Å². The zero-order chi connectivity index (χ0) is 12.5. The first-order valence-corrected chi connectivity index (χ1v) is 6.74. The molecule has 1 amide bonds. The number of amides is 1. The van der Waals surface area contributed by atoms with Gasteiger partial charge in [0.15, 0.2) is 5.13 Å². The molecule has 1 aromatic heterocycles. The van der Waals surface area contributed by atoms with Crippen molar-refractivity contribution in [3.05, 3.63) is 29.1 Å². The van der Waals surface area contributed by atoms with E-state index < -0.39 is 0 Å². The monoisotopic (exact) mass is 259 g/mol. The molecule has 2 heterocycles. The molecule has 0 unspecified atom stereocenters. The summed E-state index contributed by atoms with van der Waals surface area (Å²) in [6, 6.07) is 6.01. The highest BCUT2D eigenvalue weighted by Gasteiger charge is 2.14. The van der Waals surface area contributed by atoms with E-state index in [0.717, 1.165) is 29.8 Å². The Hall–Kier alpha value is -1.88. The molecule has 3 N–H and O–H groups in total. The average Bonchev–Trinajstić information content (AvgIpc) is 2.69. The molecule has 1 aliphatic heterocycles. The first-order valence-electron chi connectivity index (χ1n) is 5.86. The third kappa shape index (κ3) is 2.09. The van der Waals surface area contributed by atoms with Gasteiger partial charge in [0.1, 0.15) is 0 Å². The van der Waals surface area contributed by atoms with Gasteiger partial charge < -0.3 is 11.1 Å². The van der Waals surface area contributed by atoms with Gasteiger partial charge in [0.2, 0.25) is 5.91 Å². The van der Waals surface area contributed by atoms with E-state index in [4.69, 9.17) is 5.73 Å².